The monoisotopic (exact) mass is 339 g/mol. The van der Waals surface area contributed by atoms with Gasteiger partial charge in [-0.25, -0.2) is 0 Å². The molecule has 1 heterocycles. The Hall–Kier alpha value is -1.03. The van der Waals surface area contributed by atoms with Gasteiger partial charge in [0.05, 0.1) is 0 Å². The Kier molecular flexibility index (Phi) is 8.67. The van der Waals surface area contributed by atoms with Crippen LogP contribution in [-0.2, 0) is 6.42 Å². The highest BCUT2D eigenvalue weighted by molar-refractivity contribution is 5.85. The molecule has 0 amide bonds. The van der Waals surface area contributed by atoms with E-state index in [1.54, 1.807) is 0 Å². The maximum absolute atomic E-state index is 10.3. The predicted octanol–water partition coefficient (Wildman–Crippen LogP) is 3.84. The van der Waals surface area contributed by atoms with Gasteiger partial charge in [-0.3, -0.25) is 4.90 Å². The second kappa shape index (κ2) is 9.96. The Bertz CT molecular complexity index is 470. The molecule has 3 unspecified atom stereocenters. The first kappa shape index (κ1) is 20.0. The third kappa shape index (κ3) is 5.83. The Balaban J connectivity index is 0.00000264. The van der Waals surface area contributed by atoms with Crippen LogP contribution in [0.5, 0.6) is 5.75 Å². The summed E-state index contributed by atoms with van der Waals surface area (Å²) in [6, 6.07) is 9.05. The van der Waals surface area contributed by atoms with E-state index in [2.05, 4.69) is 25.3 Å². The standard InChI is InChI=1S/C19H29NO2.ClH/c1-4-8-17-11-5-6-12-19(17)22-14-18(21)13-20-15(2)9-7-10-16(20)3;/h4-6,11-12,15-16,18,21H,1,7-10,13-14H2,2-3H3;1H. The number of β-amino-alcohol motifs (C(OH)–C–C–N with tert-alkyl or cyclic N) is 1. The minimum Gasteiger partial charge on any atom is -0.491 e. The number of rotatable bonds is 7. The largest absolute Gasteiger partial charge is 0.491 e. The van der Waals surface area contributed by atoms with Crippen LogP contribution >= 0.6 is 12.4 Å². The molecule has 1 aliphatic rings. The fourth-order valence-corrected chi connectivity index (χ4v) is 3.29. The van der Waals surface area contributed by atoms with E-state index in [0.717, 1.165) is 17.7 Å². The number of para-hydroxylation sites is 1. The lowest BCUT2D eigenvalue weighted by Gasteiger charge is -2.40. The second-order valence-corrected chi connectivity index (χ2v) is 6.39. The lowest BCUT2D eigenvalue weighted by molar-refractivity contribution is 0.0207. The van der Waals surface area contributed by atoms with Crippen LogP contribution in [0.25, 0.3) is 0 Å². The topological polar surface area (TPSA) is 32.7 Å². The van der Waals surface area contributed by atoms with Gasteiger partial charge in [0, 0.05) is 18.6 Å². The molecule has 1 saturated heterocycles. The van der Waals surface area contributed by atoms with Crippen LogP contribution in [0.3, 0.4) is 0 Å². The Labute approximate surface area is 146 Å². The van der Waals surface area contributed by atoms with E-state index in [1.807, 2.05) is 30.3 Å². The average molecular weight is 340 g/mol. The molecule has 1 aromatic carbocycles. The Morgan fingerprint density at radius 1 is 1.30 bits per heavy atom. The van der Waals surface area contributed by atoms with Gasteiger partial charge in [0.25, 0.3) is 0 Å². The molecular formula is C19H30ClNO2. The van der Waals surface area contributed by atoms with Crippen molar-refractivity contribution in [1.29, 1.82) is 0 Å². The first-order valence-electron chi connectivity index (χ1n) is 8.37. The van der Waals surface area contributed by atoms with E-state index in [0.29, 0.717) is 25.2 Å². The van der Waals surface area contributed by atoms with Crippen LogP contribution in [0.2, 0.25) is 0 Å². The van der Waals surface area contributed by atoms with Crippen molar-refractivity contribution in [3.63, 3.8) is 0 Å². The van der Waals surface area contributed by atoms with Crippen LogP contribution in [-0.4, -0.2) is 41.3 Å². The minimum absolute atomic E-state index is 0. The van der Waals surface area contributed by atoms with Crippen molar-refractivity contribution in [2.45, 2.75) is 57.7 Å². The van der Waals surface area contributed by atoms with Gasteiger partial charge in [0.15, 0.2) is 0 Å². The van der Waals surface area contributed by atoms with Gasteiger partial charge in [-0.15, -0.1) is 19.0 Å². The maximum Gasteiger partial charge on any atom is 0.122 e. The first-order chi connectivity index (χ1) is 10.6. The van der Waals surface area contributed by atoms with E-state index in [9.17, 15) is 5.11 Å². The number of aliphatic hydroxyl groups excluding tert-OH is 1. The van der Waals surface area contributed by atoms with Crippen LogP contribution in [0.4, 0.5) is 0 Å². The molecule has 0 bridgehead atoms. The SMILES string of the molecule is C=CCc1ccccc1OCC(O)CN1C(C)CCCC1C.Cl. The Morgan fingerprint density at radius 2 is 1.96 bits per heavy atom. The molecule has 4 heteroatoms. The summed E-state index contributed by atoms with van der Waals surface area (Å²) in [7, 11) is 0. The van der Waals surface area contributed by atoms with E-state index in [-0.39, 0.29) is 12.4 Å². The van der Waals surface area contributed by atoms with Crippen molar-refractivity contribution < 1.29 is 9.84 Å². The third-order valence-corrected chi connectivity index (χ3v) is 4.57. The van der Waals surface area contributed by atoms with E-state index in [4.69, 9.17) is 4.74 Å². The summed E-state index contributed by atoms with van der Waals surface area (Å²) >= 11 is 0. The molecule has 0 aromatic heterocycles. The van der Waals surface area contributed by atoms with Crippen molar-refractivity contribution in [1.82, 2.24) is 4.90 Å². The predicted molar refractivity (Wildman–Crippen MR) is 98.6 cm³/mol. The van der Waals surface area contributed by atoms with Crippen molar-refractivity contribution in [3.8, 4) is 5.75 Å². The molecule has 1 fully saturated rings. The van der Waals surface area contributed by atoms with Crippen LogP contribution in [0.15, 0.2) is 36.9 Å². The zero-order chi connectivity index (χ0) is 15.9. The van der Waals surface area contributed by atoms with Crippen LogP contribution in [0.1, 0.15) is 38.7 Å². The normalized spacial score (nSPS) is 22.9. The smallest absolute Gasteiger partial charge is 0.122 e. The average Bonchev–Trinajstić information content (AvgIpc) is 2.50. The zero-order valence-corrected chi connectivity index (χ0v) is 15.1. The van der Waals surface area contributed by atoms with Gasteiger partial charge in [-0.2, -0.15) is 0 Å². The summed E-state index contributed by atoms with van der Waals surface area (Å²) in [6.07, 6.45) is 5.93. The molecule has 0 radical (unpaired) electrons. The summed E-state index contributed by atoms with van der Waals surface area (Å²) < 4.78 is 5.84. The molecule has 23 heavy (non-hydrogen) atoms. The number of halogens is 1. The molecule has 2 rings (SSSR count). The number of aliphatic hydroxyl groups is 1. The van der Waals surface area contributed by atoms with Crippen molar-refractivity contribution >= 4 is 12.4 Å². The molecule has 1 aromatic rings. The fraction of sp³-hybridized carbons (Fsp3) is 0.579. The number of benzene rings is 1. The number of likely N-dealkylation sites (tertiary alicyclic amines) is 1. The Morgan fingerprint density at radius 3 is 2.61 bits per heavy atom. The highest BCUT2D eigenvalue weighted by Crippen LogP contribution is 2.23. The second-order valence-electron chi connectivity index (χ2n) is 6.39. The molecule has 1 aliphatic heterocycles. The molecule has 1 N–H and O–H groups in total. The lowest BCUT2D eigenvalue weighted by Crippen LogP contribution is -2.48. The van der Waals surface area contributed by atoms with Gasteiger partial charge in [-0.1, -0.05) is 30.7 Å². The molecular weight excluding hydrogens is 310 g/mol. The summed E-state index contributed by atoms with van der Waals surface area (Å²) in [5.74, 6) is 0.848. The van der Waals surface area contributed by atoms with Gasteiger partial charge < -0.3 is 9.84 Å². The van der Waals surface area contributed by atoms with Gasteiger partial charge in [0.2, 0.25) is 0 Å². The molecule has 3 atom stereocenters. The van der Waals surface area contributed by atoms with E-state index < -0.39 is 6.10 Å². The van der Waals surface area contributed by atoms with Crippen molar-refractivity contribution in [2.24, 2.45) is 0 Å². The number of hydrogen-bond donors (Lipinski definition) is 1. The van der Waals surface area contributed by atoms with Crippen molar-refractivity contribution in [3.05, 3.63) is 42.5 Å². The highest BCUT2D eigenvalue weighted by Gasteiger charge is 2.26. The maximum atomic E-state index is 10.3. The van der Waals surface area contributed by atoms with Crippen LogP contribution < -0.4 is 4.74 Å². The fourth-order valence-electron chi connectivity index (χ4n) is 3.29. The molecule has 3 nitrogen and oxygen atoms in total. The third-order valence-electron chi connectivity index (χ3n) is 4.57. The first-order valence-corrected chi connectivity index (χ1v) is 8.37. The van der Waals surface area contributed by atoms with Gasteiger partial charge in [0.1, 0.15) is 18.5 Å². The number of nitrogens with zero attached hydrogens (tertiary/aromatic N) is 1. The zero-order valence-electron chi connectivity index (χ0n) is 14.3. The summed E-state index contributed by atoms with van der Waals surface area (Å²) in [5.41, 5.74) is 1.12. The number of piperidine rings is 1. The van der Waals surface area contributed by atoms with Crippen molar-refractivity contribution in [2.75, 3.05) is 13.2 Å². The molecule has 0 aliphatic carbocycles. The minimum atomic E-state index is -0.459. The van der Waals surface area contributed by atoms with Crippen LogP contribution in [0, 0.1) is 0 Å². The summed E-state index contributed by atoms with van der Waals surface area (Å²) in [4.78, 5) is 2.41. The lowest BCUT2D eigenvalue weighted by atomic mass is 9.97. The molecule has 0 saturated carbocycles. The number of hydrogen-bond acceptors (Lipinski definition) is 3. The number of ether oxygens (including phenoxy) is 1. The highest BCUT2D eigenvalue weighted by atomic mass is 35.5. The summed E-state index contributed by atoms with van der Waals surface area (Å²) in [5, 5.41) is 10.3. The molecule has 130 valence electrons. The van der Waals surface area contributed by atoms with E-state index in [1.165, 1.54) is 19.3 Å². The van der Waals surface area contributed by atoms with E-state index >= 15 is 0 Å². The molecule has 0 spiro atoms. The van der Waals surface area contributed by atoms with Gasteiger partial charge in [-0.05, 0) is 44.7 Å². The number of allylic oxidation sites excluding steroid dienone is 1. The van der Waals surface area contributed by atoms with Gasteiger partial charge >= 0.3 is 0 Å². The quantitative estimate of drug-likeness (QED) is 0.766. The summed E-state index contributed by atoms with van der Waals surface area (Å²) in [6.45, 7) is 9.30.